The van der Waals surface area contributed by atoms with Crippen molar-refractivity contribution in [3.05, 3.63) is 0 Å². The number of nitrogens with one attached hydrogen (secondary N) is 2. The minimum absolute atomic E-state index is 0. The molecular weight excluding hydrogens is 262 g/mol. The molecule has 17 heavy (non-hydrogen) atoms. The summed E-state index contributed by atoms with van der Waals surface area (Å²) in [5.74, 6) is 0. The summed E-state index contributed by atoms with van der Waals surface area (Å²) in [6.45, 7) is 6.70. The van der Waals surface area contributed by atoms with Crippen molar-refractivity contribution in [3.63, 3.8) is 0 Å². The Balaban J connectivity index is 0.00000256. The van der Waals surface area contributed by atoms with Crippen molar-refractivity contribution >= 4 is 22.6 Å². The minimum Gasteiger partial charge on any atom is -0.317 e. The van der Waals surface area contributed by atoms with Gasteiger partial charge in [-0.25, -0.2) is 4.72 Å². The van der Waals surface area contributed by atoms with Gasteiger partial charge in [0.1, 0.15) is 0 Å². The van der Waals surface area contributed by atoms with E-state index in [0.29, 0.717) is 13.1 Å². The van der Waals surface area contributed by atoms with Crippen LogP contribution in [0.1, 0.15) is 33.1 Å². The van der Waals surface area contributed by atoms with E-state index in [1.165, 1.54) is 0 Å². The molecule has 1 aliphatic rings. The van der Waals surface area contributed by atoms with Crippen LogP contribution in [-0.2, 0) is 10.2 Å². The topological polar surface area (TPSA) is 61.4 Å². The van der Waals surface area contributed by atoms with E-state index in [4.69, 9.17) is 0 Å². The van der Waals surface area contributed by atoms with Crippen molar-refractivity contribution in [2.24, 2.45) is 0 Å². The van der Waals surface area contributed by atoms with Gasteiger partial charge in [0.2, 0.25) is 0 Å². The van der Waals surface area contributed by atoms with E-state index in [2.05, 4.69) is 10.0 Å². The SMILES string of the molecule is CCCN(C1CCNCC1)S(=O)(=O)NCC.Cl. The van der Waals surface area contributed by atoms with Gasteiger partial charge in [-0.05, 0) is 32.4 Å². The van der Waals surface area contributed by atoms with E-state index >= 15 is 0 Å². The van der Waals surface area contributed by atoms with Crippen molar-refractivity contribution in [1.82, 2.24) is 14.3 Å². The molecule has 0 amide bonds. The maximum atomic E-state index is 12.0. The molecule has 104 valence electrons. The summed E-state index contributed by atoms with van der Waals surface area (Å²) in [7, 11) is -3.28. The van der Waals surface area contributed by atoms with E-state index in [1.807, 2.05) is 13.8 Å². The second-order valence-electron chi connectivity index (χ2n) is 4.09. The molecule has 0 atom stereocenters. The summed E-state index contributed by atoms with van der Waals surface area (Å²) < 4.78 is 28.2. The number of halogens is 1. The van der Waals surface area contributed by atoms with Crippen molar-refractivity contribution < 1.29 is 8.42 Å². The Labute approximate surface area is 111 Å². The van der Waals surface area contributed by atoms with E-state index < -0.39 is 10.2 Å². The number of hydrogen-bond acceptors (Lipinski definition) is 3. The molecule has 1 rings (SSSR count). The molecule has 0 aromatic heterocycles. The number of hydrogen-bond donors (Lipinski definition) is 2. The van der Waals surface area contributed by atoms with E-state index in [1.54, 1.807) is 4.31 Å². The van der Waals surface area contributed by atoms with Gasteiger partial charge in [0.05, 0.1) is 0 Å². The first-order valence-electron chi connectivity index (χ1n) is 6.09. The zero-order valence-electron chi connectivity index (χ0n) is 10.6. The Bertz CT molecular complexity index is 292. The molecule has 0 spiro atoms. The second kappa shape index (κ2) is 8.26. The first-order chi connectivity index (χ1) is 7.61. The monoisotopic (exact) mass is 285 g/mol. The number of nitrogens with zero attached hydrogens (tertiary/aromatic N) is 1. The zero-order valence-corrected chi connectivity index (χ0v) is 12.2. The van der Waals surface area contributed by atoms with Crippen LogP contribution in [0.5, 0.6) is 0 Å². The lowest BCUT2D eigenvalue weighted by molar-refractivity contribution is 0.259. The van der Waals surface area contributed by atoms with Crippen LogP contribution in [-0.4, -0.2) is 44.9 Å². The summed E-state index contributed by atoms with van der Waals surface area (Å²) in [5, 5.41) is 3.25. The van der Waals surface area contributed by atoms with Crippen LogP contribution >= 0.6 is 12.4 Å². The average molecular weight is 286 g/mol. The maximum absolute atomic E-state index is 12.0. The third-order valence-corrected chi connectivity index (χ3v) is 4.55. The summed E-state index contributed by atoms with van der Waals surface area (Å²) in [4.78, 5) is 0. The van der Waals surface area contributed by atoms with Gasteiger partial charge < -0.3 is 5.32 Å². The molecule has 0 saturated carbocycles. The standard InChI is InChI=1S/C10H23N3O2S.ClH/c1-3-9-13(16(14,15)12-4-2)10-5-7-11-8-6-10;/h10-12H,3-9H2,1-2H3;1H. The molecule has 0 aromatic carbocycles. The van der Waals surface area contributed by atoms with Crippen LogP contribution in [0.15, 0.2) is 0 Å². The first kappa shape index (κ1) is 17.1. The van der Waals surface area contributed by atoms with Crippen molar-refractivity contribution in [2.45, 2.75) is 39.2 Å². The van der Waals surface area contributed by atoms with Crippen LogP contribution in [0, 0.1) is 0 Å². The van der Waals surface area contributed by atoms with Gasteiger partial charge in [0.25, 0.3) is 10.2 Å². The molecule has 0 aliphatic carbocycles. The lowest BCUT2D eigenvalue weighted by Gasteiger charge is -2.33. The fraction of sp³-hybridized carbons (Fsp3) is 1.00. The Morgan fingerprint density at radius 1 is 1.29 bits per heavy atom. The highest BCUT2D eigenvalue weighted by molar-refractivity contribution is 7.87. The first-order valence-corrected chi connectivity index (χ1v) is 7.53. The predicted molar refractivity (Wildman–Crippen MR) is 72.7 cm³/mol. The summed E-state index contributed by atoms with van der Waals surface area (Å²) in [5.41, 5.74) is 0. The number of rotatable bonds is 6. The Hall–Kier alpha value is 0.120. The van der Waals surface area contributed by atoms with Gasteiger partial charge in [0, 0.05) is 19.1 Å². The van der Waals surface area contributed by atoms with Gasteiger partial charge in [-0.2, -0.15) is 12.7 Å². The summed E-state index contributed by atoms with van der Waals surface area (Å²) in [6.07, 6.45) is 2.67. The summed E-state index contributed by atoms with van der Waals surface area (Å²) in [6, 6.07) is 0.158. The second-order valence-corrected chi connectivity index (χ2v) is 5.80. The molecule has 1 aliphatic heterocycles. The fourth-order valence-electron chi connectivity index (χ4n) is 2.08. The van der Waals surface area contributed by atoms with E-state index in [-0.39, 0.29) is 18.4 Å². The normalized spacial score (nSPS) is 18.1. The highest BCUT2D eigenvalue weighted by Crippen LogP contribution is 2.15. The van der Waals surface area contributed by atoms with Gasteiger partial charge in [0.15, 0.2) is 0 Å². The van der Waals surface area contributed by atoms with E-state index in [9.17, 15) is 8.42 Å². The molecular formula is C10H24ClN3O2S. The molecule has 1 heterocycles. The minimum atomic E-state index is -3.28. The molecule has 5 nitrogen and oxygen atoms in total. The van der Waals surface area contributed by atoms with Crippen molar-refractivity contribution in [1.29, 1.82) is 0 Å². The highest BCUT2D eigenvalue weighted by atomic mass is 35.5. The molecule has 0 bridgehead atoms. The van der Waals surface area contributed by atoms with Crippen LogP contribution in [0.4, 0.5) is 0 Å². The third kappa shape index (κ3) is 5.09. The van der Waals surface area contributed by atoms with Gasteiger partial charge in [-0.3, -0.25) is 0 Å². The van der Waals surface area contributed by atoms with Gasteiger partial charge in [-0.1, -0.05) is 13.8 Å². The van der Waals surface area contributed by atoms with Crippen LogP contribution in [0.3, 0.4) is 0 Å². The third-order valence-electron chi connectivity index (χ3n) is 2.80. The molecule has 1 fully saturated rings. The Morgan fingerprint density at radius 2 is 1.88 bits per heavy atom. The fourth-order valence-corrected chi connectivity index (χ4v) is 3.64. The lowest BCUT2D eigenvalue weighted by Crippen LogP contribution is -2.50. The Morgan fingerprint density at radius 3 is 2.35 bits per heavy atom. The molecule has 0 aromatic rings. The van der Waals surface area contributed by atoms with Crippen molar-refractivity contribution in [2.75, 3.05) is 26.2 Å². The molecule has 0 unspecified atom stereocenters. The van der Waals surface area contributed by atoms with Crippen LogP contribution in [0.2, 0.25) is 0 Å². The predicted octanol–water partition coefficient (Wildman–Crippen LogP) is 0.727. The molecule has 7 heteroatoms. The van der Waals surface area contributed by atoms with Gasteiger partial charge in [-0.15, -0.1) is 12.4 Å². The van der Waals surface area contributed by atoms with Gasteiger partial charge >= 0.3 is 0 Å². The highest BCUT2D eigenvalue weighted by Gasteiger charge is 2.29. The zero-order chi connectivity index (χ0) is 12.0. The number of piperidine rings is 1. The van der Waals surface area contributed by atoms with Crippen LogP contribution < -0.4 is 10.0 Å². The molecule has 1 saturated heterocycles. The quantitative estimate of drug-likeness (QED) is 0.756. The lowest BCUT2D eigenvalue weighted by atomic mass is 10.1. The van der Waals surface area contributed by atoms with Crippen molar-refractivity contribution in [3.8, 4) is 0 Å². The largest absolute Gasteiger partial charge is 0.317 e. The summed E-state index contributed by atoms with van der Waals surface area (Å²) >= 11 is 0. The van der Waals surface area contributed by atoms with E-state index in [0.717, 1.165) is 32.4 Å². The smallest absolute Gasteiger partial charge is 0.279 e. The average Bonchev–Trinajstić information content (AvgIpc) is 2.27. The Kier molecular flexibility index (Phi) is 8.32. The molecule has 2 N–H and O–H groups in total. The van der Waals surface area contributed by atoms with Crippen LogP contribution in [0.25, 0.3) is 0 Å². The molecule has 0 radical (unpaired) electrons. The maximum Gasteiger partial charge on any atom is 0.279 e.